The minimum absolute atomic E-state index is 0.0336. The second kappa shape index (κ2) is 7.48. The Balaban J connectivity index is 2.34. The molecule has 1 aliphatic heterocycles. The summed E-state index contributed by atoms with van der Waals surface area (Å²) in [5.74, 6) is -0.482. The monoisotopic (exact) mass is 374 g/mol. The van der Waals surface area contributed by atoms with E-state index in [1.54, 1.807) is 0 Å². The zero-order valence-electron chi connectivity index (χ0n) is 13.3. The highest BCUT2D eigenvalue weighted by molar-refractivity contribution is 7.91. The summed E-state index contributed by atoms with van der Waals surface area (Å²) >= 11 is 6.05. The first-order chi connectivity index (χ1) is 11.2. The van der Waals surface area contributed by atoms with Crippen molar-refractivity contribution in [2.75, 3.05) is 18.1 Å². The van der Waals surface area contributed by atoms with Crippen LogP contribution in [0.1, 0.15) is 36.5 Å². The molecule has 1 aromatic rings. The average Bonchev–Trinajstić information content (AvgIpc) is 2.87. The fourth-order valence-electron chi connectivity index (χ4n) is 2.75. The van der Waals surface area contributed by atoms with Crippen LogP contribution in [0.5, 0.6) is 0 Å². The van der Waals surface area contributed by atoms with Crippen molar-refractivity contribution in [3.8, 4) is 0 Å². The molecule has 24 heavy (non-hydrogen) atoms. The summed E-state index contributed by atoms with van der Waals surface area (Å²) in [7, 11) is -3.15. The number of benzene rings is 1. The van der Waals surface area contributed by atoms with Gasteiger partial charge in [0, 0.05) is 24.7 Å². The van der Waals surface area contributed by atoms with E-state index < -0.39 is 26.7 Å². The summed E-state index contributed by atoms with van der Waals surface area (Å²) in [5, 5.41) is 11.0. The second-order valence-corrected chi connectivity index (χ2v) is 8.47. The summed E-state index contributed by atoms with van der Waals surface area (Å²) in [6.07, 6.45) is 1.94. The number of sulfone groups is 1. The first kappa shape index (κ1) is 18.7. The molecule has 1 fully saturated rings. The van der Waals surface area contributed by atoms with Crippen molar-refractivity contribution in [3.63, 3.8) is 0 Å². The lowest BCUT2D eigenvalue weighted by Crippen LogP contribution is -2.42. The number of carbonyl (C=O) groups excluding carboxylic acids is 1. The lowest BCUT2D eigenvalue weighted by Gasteiger charge is -2.28. The van der Waals surface area contributed by atoms with Gasteiger partial charge in [0.1, 0.15) is 0 Å². The van der Waals surface area contributed by atoms with Gasteiger partial charge < -0.3 is 4.90 Å². The van der Waals surface area contributed by atoms with E-state index in [-0.39, 0.29) is 27.8 Å². The molecule has 7 nitrogen and oxygen atoms in total. The van der Waals surface area contributed by atoms with Crippen LogP contribution in [-0.2, 0) is 9.84 Å². The predicted molar refractivity (Wildman–Crippen MR) is 91.1 cm³/mol. The number of carbonyl (C=O) groups is 1. The highest BCUT2D eigenvalue weighted by Crippen LogP contribution is 2.26. The Bertz CT molecular complexity index is 750. The van der Waals surface area contributed by atoms with Gasteiger partial charge in [-0.15, -0.1) is 0 Å². The van der Waals surface area contributed by atoms with Gasteiger partial charge in [-0.3, -0.25) is 14.9 Å². The van der Waals surface area contributed by atoms with E-state index in [1.165, 1.54) is 17.0 Å². The lowest BCUT2D eigenvalue weighted by molar-refractivity contribution is -0.384. The smallest absolute Gasteiger partial charge is 0.270 e. The maximum atomic E-state index is 12.9. The number of hydrogen-bond acceptors (Lipinski definition) is 5. The Morgan fingerprint density at radius 1 is 1.46 bits per heavy atom. The van der Waals surface area contributed by atoms with Crippen LogP contribution in [0.3, 0.4) is 0 Å². The number of amides is 1. The number of unbranched alkanes of at least 4 members (excludes halogenated alkanes) is 1. The minimum atomic E-state index is -3.15. The molecular weight excluding hydrogens is 356 g/mol. The van der Waals surface area contributed by atoms with Gasteiger partial charge in [0.05, 0.1) is 27.0 Å². The van der Waals surface area contributed by atoms with Crippen molar-refractivity contribution in [2.45, 2.75) is 32.2 Å². The van der Waals surface area contributed by atoms with Crippen LogP contribution in [0.15, 0.2) is 18.2 Å². The zero-order valence-corrected chi connectivity index (χ0v) is 14.8. The lowest BCUT2D eigenvalue weighted by atomic mass is 10.1. The van der Waals surface area contributed by atoms with Crippen LogP contribution in [0.4, 0.5) is 5.69 Å². The van der Waals surface area contributed by atoms with E-state index in [1.807, 2.05) is 6.92 Å². The molecule has 0 aromatic heterocycles. The van der Waals surface area contributed by atoms with Gasteiger partial charge in [0.2, 0.25) is 0 Å². The first-order valence-corrected chi connectivity index (χ1v) is 9.90. The molecule has 2 rings (SSSR count). The molecule has 1 atom stereocenters. The molecule has 0 radical (unpaired) electrons. The van der Waals surface area contributed by atoms with Gasteiger partial charge in [0.25, 0.3) is 11.6 Å². The maximum absolute atomic E-state index is 12.9. The van der Waals surface area contributed by atoms with Crippen molar-refractivity contribution in [3.05, 3.63) is 38.9 Å². The van der Waals surface area contributed by atoms with Crippen molar-refractivity contribution >= 4 is 33.0 Å². The van der Waals surface area contributed by atoms with Gasteiger partial charge in [-0.1, -0.05) is 24.9 Å². The number of nitro groups is 1. The summed E-state index contributed by atoms with van der Waals surface area (Å²) in [4.78, 5) is 24.7. The van der Waals surface area contributed by atoms with Crippen LogP contribution in [0.2, 0.25) is 5.02 Å². The number of nitro benzene ring substituents is 1. The largest absolute Gasteiger partial charge is 0.335 e. The van der Waals surface area contributed by atoms with Crippen molar-refractivity contribution in [1.82, 2.24) is 4.90 Å². The molecule has 1 aliphatic rings. The molecule has 1 unspecified atom stereocenters. The summed E-state index contributed by atoms with van der Waals surface area (Å²) < 4.78 is 23.5. The van der Waals surface area contributed by atoms with E-state index in [0.29, 0.717) is 13.0 Å². The molecule has 1 saturated heterocycles. The molecule has 0 N–H and O–H groups in total. The van der Waals surface area contributed by atoms with E-state index >= 15 is 0 Å². The highest BCUT2D eigenvalue weighted by Gasteiger charge is 2.35. The van der Waals surface area contributed by atoms with Gasteiger partial charge in [-0.05, 0) is 18.9 Å². The summed E-state index contributed by atoms with van der Waals surface area (Å²) in [5.41, 5.74) is -0.191. The van der Waals surface area contributed by atoms with E-state index in [0.717, 1.165) is 18.9 Å². The van der Waals surface area contributed by atoms with Crippen LogP contribution < -0.4 is 0 Å². The molecule has 0 spiro atoms. The Morgan fingerprint density at radius 2 is 2.17 bits per heavy atom. The first-order valence-electron chi connectivity index (χ1n) is 7.70. The molecule has 1 amide bonds. The van der Waals surface area contributed by atoms with Crippen LogP contribution in [0, 0.1) is 10.1 Å². The standard InChI is InChI=1S/C15H19ClN2O5S/c1-2-3-7-17(12-6-8-24(22,23)10-12)15(19)13-9-11(18(20)21)4-5-14(13)16/h4-5,9,12H,2-3,6-8,10H2,1H3. The van der Waals surface area contributed by atoms with Gasteiger partial charge in [-0.25, -0.2) is 8.42 Å². The average molecular weight is 375 g/mol. The molecular formula is C15H19ClN2O5S. The number of nitrogens with zero attached hydrogens (tertiary/aromatic N) is 2. The molecule has 132 valence electrons. The normalized spacial score (nSPS) is 19.2. The number of non-ortho nitro benzene ring substituents is 1. The molecule has 0 aliphatic carbocycles. The quantitative estimate of drug-likeness (QED) is 0.563. The number of hydrogen-bond donors (Lipinski definition) is 0. The summed E-state index contributed by atoms with van der Waals surface area (Å²) in [6.45, 7) is 2.36. The van der Waals surface area contributed by atoms with E-state index in [4.69, 9.17) is 11.6 Å². The number of halogens is 1. The van der Waals surface area contributed by atoms with Gasteiger partial charge >= 0.3 is 0 Å². The molecule has 1 heterocycles. The molecule has 9 heteroatoms. The fraction of sp³-hybridized carbons (Fsp3) is 0.533. The Labute approximate surface area is 145 Å². The third-order valence-electron chi connectivity index (χ3n) is 4.05. The topological polar surface area (TPSA) is 97.6 Å². The Hall–Kier alpha value is -1.67. The molecule has 1 aromatic carbocycles. The predicted octanol–water partition coefficient (Wildman–Crippen LogP) is 2.68. The third-order valence-corrected chi connectivity index (χ3v) is 6.13. The summed E-state index contributed by atoms with van der Waals surface area (Å²) in [6, 6.07) is 3.28. The SMILES string of the molecule is CCCCN(C(=O)c1cc([N+](=O)[O-])ccc1Cl)C1CCS(=O)(=O)C1. The van der Waals surface area contributed by atoms with E-state index in [9.17, 15) is 23.3 Å². The Morgan fingerprint density at radius 3 is 2.71 bits per heavy atom. The molecule has 0 bridgehead atoms. The van der Waals surface area contributed by atoms with Crippen LogP contribution in [0.25, 0.3) is 0 Å². The minimum Gasteiger partial charge on any atom is -0.335 e. The molecule has 0 saturated carbocycles. The van der Waals surface area contributed by atoms with Crippen molar-refractivity contribution in [2.24, 2.45) is 0 Å². The fourth-order valence-corrected chi connectivity index (χ4v) is 4.67. The highest BCUT2D eigenvalue weighted by atomic mass is 35.5. The van der Waals surface area contributed by atoms with Gasteiger partial charge in [0.15, 0.2) is 9.84 Å². The van der Waals surface area contributed by atoms with Gasteiger partial charge in [-0.2, -0.15) is 0 Å². The zero-order chi connectivity index (χ0) is 17.9. The number of rotatable bonds is 6. The van der Waals surface area contributed by atoms with Crippen molar-refractivity contribution < 1.29 is 18.1 Å². The Kier molecular flexibility index (Phi) is 5.82. The third kappa shape index (κ3) is 4.24. The van der Waals surface area contributed by atoms with Crippen LogP contribution >= 0.6 is 11.6 Å². The van der Waals surface area contributed by atoms with E-state index in [2.05, 4.69) is 0 Å². The second-order valence-electron chi connectivity index (χ2n) is 5.83. The van der Waals surface area contributed by atoms with Crippen LogP contribution in [-0.4, -0.2) is 48.2 Å². The van der Waals surface area contributed by atoms with Crippen molar-refractivity contribution in [1.29, 1.82) is 0 Å². The maximum Gasteiger partial charge on any atom is 0.270 e.